The van der Waals surface area contributed by atoms with E-state index in [1.54, 1.807) is 0 Å². The van der Waals surface area contributed by atoms with Crippen molar-refractivity contribution in [3.63, 3.8) is 0 Å². The van der Waals surface area contributed by atoms with E-state index in [-0.39, 0.29) is 11.9 Å². The van der Waals surface area contributed by atoms with E-state index in [1.165, 1.54) is 35.7 Å². The maximum atomic E-state index is 12.8. The molecule has 4 rings (SSSR count). The Balaban J connectivity index is 1.41. The standard InChI is InChI=1S/C19H25N5OS/c1-23(17-12-6-8-14-7-2-5-11-16(14)17)18(25)13-26-19-20-21-22-24(19)15-9-3-4-10-15/h2,5,7,11,15,17H,3-4,6,8-10,12-13H2,1H3. The summed E-state index contributed by atoms with van der Waals surface area (Å²) in [5.41, 5.74) is 2.68. The van der Waals surface area contributed by atoms with Crippen molar-refractivity contribution in [1.82, 2.24) is 25.1 Å². The number of hydrogen-bond donors (Lipinski definition) is 0. The maximum absolute atomic E-state index is 12.8. The Labute approximate surface area is 158 Å². The van der Waals surface area contributed by atoms with Gasteiger partial charge in [-0.05, 0) is 53.7 Å². The van der Waals surface area contributed by atoms with Crippen LogP contribution in [-0.4, -0.2) is 43.8 Å². The summed E-state index contributed by atoms with van der Waals surface area (Å²) in [5.74, 6) is 0.514. The van der Waals surface area contributed by atoms with E-state index in [0.717, 1.165) is 37.3 Å². The van der Waals surface area contributed by atoms with Crippen molar-refractivity contribution >= 4 is 17.7 Å². The van der Waals surface area contributed by atoms with Gasteiger partial charge in [-0.3, -0.25) is 4.79 Å². The molecule has 1 atom stereocenters. The van der Waals surface area contributed by atoms with Gasteiger partial charge in [0, 0.05) is 7.05 Å². The average Bonchev–Trinajstić information content (AvgIpc) is 3.36. The van der Waals surface area contributed by atoms with Gasteiger partial charge >= 0.3 is 0 Å². The Bertz CT molecular complexity index is 771. The zero-order chi connectivity index (χ0) is 17.9. The number of aryl methyl sites for hydroxylation is 1. The van der Waals surface area contributed by atoms with E-state index in [4.69, 9.17) is 0 Å². The number of aromatic nitrogens is 4. The molecule has 0 saturated heterocycles. The molecule has 1 amide bonds. The Morgan fingerprint density at radius 2 is 2.04 bits per heavy atom. The second-order valence-electron chi connectivity index (χ2n) is 7.24. The molecule has 1 heterocycles. The molecule has 2 aliphatic carbocycles. The number of tetrazole rings is 1. The van der Waals surface area contributed by atoms with Gasteiger partial charge in [0.2, 0.25) is 11.1 Å². The van der Waals surface area contributed by atoms with Crippen LogP contribution in [0.15, 0.2) is 29.4 Å². The summed E-state index contributed by atoms with van der Waals surface area (Å²) in [6.07, 6.45) is 8.00. The minimum atomic E-state index is 0.137. The van der Waals surface area contributed by atoms with Gasteiger partial charge in [0.25, 0.3) is 0 Å². The highest BCUT2D eigenvalue weighted by molar-refractivity contribution is 7.99. The molecular formula is C19H25N5OS. The van der Waals surface area contributed by atoms with Gasteiger partial charge in [-0.1, -0.05) is 48.9 Å². The fourth-order valence-electron chi connectivity index (χ4n) is 4.19. The molecule has 7 heteroatoms. The van der Waals surface area contributed by atoms with Crippen LogP contribution in [0, 0.1) is 0 Å². The Hall–Kier alpha value is -1.89. The predicted octanol–water partition coefficient (Wildman–Crippen LogP) is 3.42. The highest BCUT2D eigenvalue weighted by Crippen LogP contribution is 2.34. The number of hydrogen-bond acceptors (Lipinski definition) is 5. The smallest absolute Gasteiger partial charge is 0.233 e. The molecule has 0 bridgehead atoms. The van der Waals surface area contributed by atoms with Crippen molar-refractivity contribution in [2.24, 2.45) is 0 Å². The summed E-state index contributed by atoms with van der Waals surface area (Å²) in [6, 6.07) is 9.08. The molecule has 2 aliphatic rings. The summed E-state index contributed by atoms with van der Waals surface area (Å²) in [5, 5.41) is 12.9. The number of thioether (sulfide) groups is 1. The number of carbonyl (C=O) groups excluding carboxylic acids is 1. The zero-order valence-corrected chi connectivity index (χ0v) is 16.0. The summed E-state index contributed by atoms with van der Waals surface area (Å²) < 4.78 is 1.92. The molecule has 1 aromatic carbocycles. The van der Waals surface area contributed by atoms with Crippen molar-refractivity contribution in [2.75, 3.05) is 12.8 Å². The topological polar surface area (TPSA) is 63.9 Å². The molecule has 1 fully saturated rings. The Kier molecular flexibility index (Phi) is 5.24. The summed E-state index contributed by atoms with van der Waals surface area (Å²) in [6.45, 7) is 0. The molecule has 138 valence electrons. The van der Waals surface area contributed by atoms with Crippen molar-refractivity contribution in [2.45, 2.75) is 62.2 Å². The van der Waals surface area contributed by atoms with Crippen LogP contribution in [0.4, 0.5) is 0 Å². The van der Waals surface area contributed by atoms with Crippen molar-refractivity contribution in [3.05, 3.63) is 35.4 Å². The van der Waals surface area contributed by atoms with E-state index in [1.807, 2.05) is 16.6 Å². The summed E-state index contributed by atoms with van der Waals surface area (Å²) >= 11 is 1.46. The monoisotopic (exact) mass is 371 g/mol. The van der Waals surface area contributed by atoms with Crippen LogP contribution in [0.3, 0.4) is 0 Å². The fraction of sp³-hybridized carbons (Fsp3) is 0.579. The average molecular weight is 372 g/mol. The lowest BCUT2D eigenvalue weighted by molar-refractivity contribution is -0.129. The minimum absolute atomic E-state index is 0.137. The van der Waals surface area contributed by atoms with Gasteiger partial charge in [-0.2, -0.15) is 0 Å². The van der Waals surface area contributed by atoms with Gasteiger partial charge in [-0.15, -0.1) is 5.10 Å². The third kappa shape index (κ3) is 3.49. The molecule has 26 heavy (non-hydrogen) atoms. The molecule has 2 aromatic rings. The van der Waals surface area contributed by atoms with E-state index in [2.05, 4.69) is 39.8 Å². The quantitative estimate of drug-likeness (QED) is 0.754. The van der Waals surface area contributed by atoms with Crippen molar-refractivity contribution in [3.8, 4) is 0 Å². The lowest BCUT2D eigenvalue weighted by Crippen LogP contribution is -2.34. The first kappa shape index (κ1) is 17.5. The molecule has 1 aromatic heterocycles. The van der Waals surface area contributed by atoms with E-state index in [0.29, 0.717) is 11.8 Å². The van der Waals surface area contributed by atoms with E-state index in [9.17, 15) is 4.79 Å². The van der Waals surface area contributed by atoms with Crippen molar-refractivity contribution < 1.29 is 4.79 Å². The summed E-state index contributed by atoms with van der Waals surface area (Å²) in [7, 11) is 1.93. The third-order valence-electron chi connectivity index (χ3n) is 5.66. The first-order valence-electron chi connectivity index (χ1n) is 9.48. The maximum Gasteiger partial charge on any atom is 0.233 e. The van der Waals surface area contributed by atoms with Gasteiger partial charge in [0.1, 0.15) is 0 Å². The van der Waals surface area contributed by atoms with Gasteiger partial charge in [-0.25, -0.2) is 4.68 Å². The first-order chi connectivity index (χ1) is 12.7. The van der Waals surface area contributed by atoms with E-state index < -0.39 is 0 Å². The first-order valence-corrected chi connectivity index (χ1v) is 10.5. The van der Waals surface area contributed by atoms with Crippen LogP contribution < -0.4 is 0 Å². The van der Waals surface area contributed by atoms with Crippen LogP contribution in [0.25, 0.3) is 0 Å². The number of nitrogens with zero attached hydrogens (tertiary/aromatic N) is 5. The van der Waals surface area contributed by atoms with Crippen LogP contribution in [0.1, 0.15) is 61.7 Å². The van der Waals surface area contributed by atoms with Gasteiger partial charge in [0.15, 0.2) is 0 Å². The van der Waals surface area contributed by atoms with Crippen LogP contribution in [0.2, 0.25) is 0 Å². The molecular weight excluding hydrogens is 346 g/mol. The Morgan fingerprint density at radius 3 is 2.88 bits per heavy atom. The molecule has 1 unspecified atom stereocenters. The normalized spacial score (nSPS) is 20.1. The molecule has 0 N–H and O–H groups in total. The minimum Gasteiger partial charge on any atom is -0.338 e. The molecule has 0 spiro atoms. The fourth-order valence-corrected chi connectivity index (χ4v) is 5.06. The molecule has 6 nitrogen and oxygen atoms in total. The number of amides is 1. The number of rotatable bonds is 5. The lowest BCUT2D eigenvalue weighted by Gasteiger charge is -2.33. The predicted molar refractivity (Wildman–Crippen MR) is 101 cm³/mol. The number of fused-ring (bicyclic) bond motifs is 1. The highest BCUT2D eigenvalue weighted by Gasteiger charge is 2.27. The SMILES string of the molecule is CN(C(=O)CSc1nnnn1C1CCCC1)C1CCCc2ccccc21. The lowest BCUT2D eigenvalue weighted by atomic mass is 9.87. The molecule has 1 saturated carbocycles. The van der Waals surface area contributed by atoms with E-state index >= 15 is 0 Å². The van der Waals surface area contributed by atoms with Crippen molar-refractivity contribution in [1.29, 1.82) is 0 Å². The zero-order valence-electron chi connectivity index (χ0n) is 15.2. The van der Waals surface area contributed by atoms with Crippen LogP contribution in [0.5, 0.6) is 0 Å². The molecule has 0 aliphatic heterocycles. The third-order valence-corrected chi connectivity index (χ3v) is 6.57. The largest absolute Gasteiger partial charge is 0.338 e. The number of carbonyl (C=O) groups is 1. The highest BCUT2D eigenvalue weighted by atomic mass is 32.2. The second kappa shape index (κ2) is 7.78. The van der Waals surface area contributed by atoms with Crippen LogP contribution in [-0.2, 0) is 11.2 Å². The second-order valence-corrected chi connectivity index (χ2v) is 8.19. The van der Waals surface area contributed by atoms with Gasteiger partial charge in [0.05, 0.1) is 17.8 Å². The summed E-state index contributed by atoms with van der Waals surface area (Å²) in [4.78, 5) is 14.7. The van der Waals surface area contributed by atoms with Gasteiger partial charge < -0.3 is 4.90 Å². The molecule has 0 radical (unpaired) electrons. The Morgan fingerprint density at radius 1 is 1.23 bits per heavy atom. The van der Waals surface area contributed by atoms with Crippen LogP contribution >= 0.6 is 11.8 Å². The number of benzene rings is 1.